The first-order chi connectivity index (χ1) is 8.28. The largest absolute Gasteiger partial charge is 0.399 e. The Labute approximate surface area is 102 Å². The summed E-state index contributed by atoms with van der Waals surface area (Å²) in [7, 11) is 0. The molecular formula is C12H20N4O. The van der Waals surface area contributed by atoms with Crippen LogP contribution in [0.2, 0.25) is 0 Å². The van der Waals surface area contributed by atoms with Crippen molar-refractivity contribution in [1.82, 2.24) is 14.8 Å². The van der Waals surface area contributed by atoms with E-state index in [4.69, 9.17) is 10.8 Å². The minimum absolute atomic E-state index is 0.247. The van der Waals surface area contributed by atoms with E-state index in [1.807, 2.05) is 12.1 Å². The van der Waals surface area contributed by atoms with Crippen molar-refractivity contribution in [1.29, 1.82) is 0 Å². The Bertz CT molecular complexity index is 350. The van der Waals surface area contributed by atoms with Gasteiger partial charge in [0.1, 0.15) is 0 Å². The van der Waals surface area contributed by atoms with Crippen molar-refractivity contribution in [2.75, 3.05) is 45.1 Å². The number of rotatable bonds is 4. The standard InChI is InChI=1S/C12H20N4O/c13-11-1-2-14-12(9-11)10-16-5-3-15(4-6-16)7-8-17/h1-2,9,17H,3-8,10H2,(H2,13,14). The summed E-state index contributed by atoms with van der Waals surface area (Å²) in [5.41, 5.74) is 7.53. The van der Waals surface area contributed by atoms with Crippen molar-refractivity contribution in [3.8, 4) is 0 Å². The van der Waals surface area contributed by atoms with Crippen LogP contribution in [-0.4, -0.2) is 59.2 Å². The van der Waals surface area contributed by atoms with Gasteiger partial charge in [0.05, 0.1) is 12.3 Å². The minimum Gasteiger partial charge on any atom is -0.399 e. The number of hydrogen-bond donors (Lipinski definition) is 2. The lowest BCUT2D eigenvalue weighted by atomic mass is 10.2. The molecule has 0 aromatic carbocycles. The molecule has 17 heavy (non-hydrogen) atoms. The maximum atomic E-state index is 8.87. The highest BCUT2D eigenvalue weighted by atomic mass is 16.3. The Morgan fingerprint density at radius 3 is 2.59 bits per heavy atom. The van der Waals surface area contributed by atoms with Gasteiger partial charge in [-0.05, 0) is 12.1 Å². The maximum absolute atomic E-state index is 8.87. The third-order valence-corrected chi connectivity index (χ3v) is 3.11. The monoisotopic (exact) mass is 236 g/mol. The summed E-state index contributed by atoms with van der Waals surface area (Å²) in [6.07, 6.45) is 1.76. The van der Waals surface area contributed by atoms with Crippen molar-refractivity contribution in [3.05, 3.63) is 24.0 Å². The zero-order valence-corrected chi connectivity index (χ0v) is 10.0. The highest BCUT2D eigenvalue weighted by molar-refractivity contribution is 5.37. The fraction of sp³-hybridized carbons (Fsp3) is 0.583. The Hall–Kier alpha value is -1.17. The van der Waals surface area contributed by atoms with Crippen LogP contribution in [0.5, 0.6) is 0 Å². The topological polar surface area (TPSA) is 65.6 Å². The highest BCUT2D eigenvalue weighted by Crippen LogP contribution is 2.09. The van der Waals surface area contributed by atoms with Crippen LogP contribution >= 0.6 is 0 Å². The van der Waals surface area contributed by atoms with Gasteiger partial charge in [-0.3, -0.25) is 14.8 Å². The van der Waals surface area contributed by atoms with Gasteiger partial charge in [-0.15, -0.1) is 0 Å². The summed E-state index contributed by atoms with van der Waals surface area (Å²) in [6.45, 7) is 5.97. The molecule has 1 aliphatic rings. The van der Waals surface area contributed by atoms with Crippen LogP contribution in [0.15, 0.2) is 18.3 Å². The number of anilines is 1. The molecule has 0 atom stereocenters. The normalized spacial score (nSPS) is 18.4. The first-order valence-electron chi connectivity index (χ1n) is 6.04. The van der Waals surface area contributed by atoms with E-state index in [2.05, 4.69) is 14.8 Å². The van der Waals surface area contributed by atoms with Gasteiger partial charge in [-0.2, -0.15) is 0 Å². The lowest BCUT2D eigenvalue weighted by Gasteiger charge is -2.34. The Morgan fingerprint density at radius 2 is 1.94 bits per heavy atom. The van der Waals surface area contributed by atoms with E-state index >= 15 is 0 Å². The molecule has 5 nitrogen and oxygen atoms in total. The van der Waals surface area contributed by atoms with Gasteiger partial charge in [0.15, 0.2) is 0 Å². The van der Waals surface area contributed by atoms with Crippen LogP contribution in [0.4, 0.5) is 5.69 Å². The lowest BCUT2D eigenvalue weighted by Crippen LogP contribution is -2.46. The molecule has 0 spiro atoms. The molecule has 5 heteroatoms. The fourth-order valence-corrected chi connectivity index (χ4v) is 2.12. The number of aromatic nitrogens is 1. The number of piperazine rings is 1. The Kier molecular flexibility index (Phi) is 4.30. The molecule has 1 aromatic rings. The van der Waals surface area contributed by atoms with E-state index in [0.29, 0.717) is 0 Å². The molecule has 1 aromatic heterocycles. The summed E-state index contributed by atoms with van der Waals surface area (Å²) in [4.78, 5) is 8.97. The van der Waals surface area contributed by atoms with E-state index in [1.54, 1.807) is 6.20 Å². The molecule has 0 bridgehead atoms. The summed E-state index contributed by atoms with van der Waals surface area (Å²) < 4.78 is 0. The van der Waals surface area contributed by atoms with Gasteiger partial charge < -0.3 is 10.8 Å². The van der Waals surface area contributed by atoms with E-state index in [1.165, 1.54) is 0 Å². The Balaban J connectivity index is 1.82. The number of hydrogen-bond acceptors (Lipinski definition) is 5. The van der Waals surface area contributed by atoms with Gasteiger partial charge in [0.2, 0.25) is 0 Å². The number of aliphatic hydroxyl groups is 1. The molecule has 1 saturated heterocycles. The number of aliphatic hydroxyl groups excluding tert-OH is 1. The quantitative estimate of drug-likeness (QED) is 0.756. The highest BCUT2D eigenvalue weighted by Gasteiger charge is 2.16. The maximum Gasteiger partial charge on any atom is 0.0564 e. The number of pyridine rings is 1. The first-order valence-corrected chi connectivity index (χ1v) is 6.04. The van der Waals surface area contributed by atoms with Crippen molar-refractivity contribution in [3.63, 3.8) is 0 Å². The smallest absolute Gasteiger partial charge is 0.0564 e. The number of nitrogen functional groups attached to an aromatic ring is 1. The molecule has 94 valence electrons. The van der Waals surface area contributed by atoms with E-state index < -0.39 is 0 Å². The second-order valence-electron chi connectivity index (χ2n) is 4.42. The molecular weight excluding hydrogens is 216 g/mol. The molecule has 0 radical (unpaired) electrons. The van der Waals surface area contributed by atoms with E-state index in [9.17, 15) is 0 Å². The second kappa shape index (κ2) is 5.95. The van der Waals surface area contributed by atoms with Crippen molar-refractivity contribution >= 4 is 5.69 Å². The average Bonchev–Trinajstić information content (AvgIpc) is 2.32. The summed E-state index contributed by atoms with van der Waals surface area (Å²) >= 11 is 0. The van der Waals surface area contributed by atoms with Crippen LogP contribution in [-0.2, 0) is 6.54 Å². The number of β-amino-alcohol motifs (C(OH)–C–C–N with tert-alkyl or cyclic N) is 1. The van der Waals surface area contributed by atoms with E-state index in [-0.39, 0.29) is 6.61 Å². The van der Waals surface area contributed by atoms with Crippen LogP contribution in [0.25, 0.3) is 0 Å². The van der Waals surface area contributed by atoms with Crippen LogP contribution < -0.4 is 5.73 Å². The number of nitrogens with zero attached hydrogens (tertiary/aromatic N) is 3. The SMILES string of the molecule is Nc1ccnc(CN2CCN(CCO)CC2)c1. The van der Waals surface area contributed by atoms with Crippen LogP contribution in [0.3, 0.4) is 0 Å². The molecule has 2 rings (SSSR count). The lowest BCUT2D eigenvalue weighted by molar-refractivity contribution is 0.108. The number of nitrogens with two attached hydrogens (primary N) is 1. The molecule has 2 heterocycles. The van der Waals surface area contributed by atoms with Gasteiger partial charge in [-0.1, -0.05) is 0 Å². The first kappa shape index (κ1) is 12.3. The zero-order chi connectivity index (χ0) is 12.1. The fourth-order valence-electron chi connectivity index (χ4n) is 2.12. The minimum atomic E-state index is 0.247. The molecule has 0 aliphatic carbocycles. The predicted octanol–water partition coefficient (Wildman–Crippen LogP) is -0.226. The Morgan fingerprint density at radius 1 is 1.24 bits per heavy atom. The molecule has 0 unspecified atom stereocenters. The third kappa shape index (κ3) is 3.66. The van der Waals surface area contributed by atoms with Gasteiger partial charge >= 0.3 is 0 Å². The van der Waals surface area contributed by atoms with E-state index in [0.717, 1.165) is 50.6 Å². The van der Waals surface area contributed by atoms with Crippen LogP contribution in [0.1, 0.15) is 5.69 Å². The molecule has 1 fully saturated rings. The van der Waals surface area contributed by atoms with Crippen LogP contribution in [0, 0.1) is 0 Å². The molecule has 0 saturated carbocycles. The zero-order valence-electron chi connectivity index (χ0n) is 10.0. The molecule has 3 N–H and O–H groups in total. The van der Waals surface area contributed by atoms with Crippen molar-refractivity contribution in [2.45, 2.75) is 6.54 Å². The van der Waals surface area contributed by atoms with Gasteiger partial charge in [0.25, 0.3) is 0 Å². The summed E-state index contributed by atoms with van der Waals surface area (Å²) in [5, 5.41) is 8.87. The molecule has 1 aliphatic heterocycles. The second-order valence-corrected chi connectivity index (χ2v) is 4.42. The summed E-state index contributed by atoms with van der Waals surface area (Å²) in [5.74, 6) is 0. The third-order valence-electron chi connectivity index (χ3n) is 3.11. The molecule has 0 amide bonds. The predicted molar refractivity (Wildman–Crippen MR) is 67.5 cm³/mol. The summed E-state index contributed by atoms with van der Waals surface area (Å²) in [6, 6.07) is 3.74. The van der Waals surface area contributed by atoms with Crippen molar-refractivity contribution in [2.24, 2.45) is 0 Å². The van der Waals surface area contributed by atoms with Crippen molar-refractivity contribution < 1.29 is 5.11 Å². The average molecular weight is 236 g/mol. The van der Waals surface area contributed by atoms with Gasteiger partial charge in [0, 0.05) is 51.2 Å². The van der Waals surface area contributed by atoms with Gasteiger partial charge in [-0.25, -0.2) is 0 Å².